The van der Waals surface area contributed by atoms with E-state index in [1.165, 1.54) is 0 Å². The molecule has 0 aliphatic carbocycles. The molecule has 0 aliphatic heterocycles. The van der Waals surface area contributed by atoms with Gasteiger partial charge in [0, 0.05) is 12.6 Å². The molecule has 1 heterocycles. The molecule has 1 rings (SSSR count). The molecule has 0 unspecified atom stereocenters. The van der Waals surface area contributed by atoms with Crippen LogP contribution in [-0.4, -0.2) is 16.5 Å². The van der Waals surface area contributed by atoms with E-state index in [2.05, 4.69) is 15.3 Å². The average molecular weight is 240 g/mol. The first-order valence-corrected chi connectivity index (χ1v) is 4.67. The molecule has 0 atom stereocenters. The Kier molecular flexibility index (Phi) is 3.73. The van der Waals surface area contributed by atoms with Gasteiger partial charge >= 0.3 is 6.18 Å². The fraction of sp³-hybridized carbons (Fsp3) is 0.500. The second kappa shape index (κ2) is 4.65. The highest BCUT2D eigenvalue weighted by Crippen LogP contribution is 2.29. The van der Waals surface area contributed by atoms with Gasteiger partial charge in [-0.1, -0.05) is 6.92 Å². The van der Waals surface area contributed by atoms with E-state index < -0.39 is 17.2 Å². The minimum atomic E-state index is -4.50. The number of halogens is 4. The van der Waals surface area contributed by atoms with Crippen molar-refractivity contribution in [1.82, 2.24) is 9.97 Å². The molecule has 84 valence electrons. The molecule has 0 amide bonds. The van der Waals surface area contributed by atoms with Crippen LogP contribution in [0.1, 0.15) is 19.0 Å². The largest absolute Gasteiger partial charge is 0.433 e. The molecule has 3 nitrogen and oxygen atoms in total. The van der Waals surface area contributed by atoms with Crippen LogP contribution in [0.2, 0.25) is 5.28 Å². The van der Waals surface area contributed by atoms with Crippen LogP contribution in [0, 0.1) is 0 Å². The zero-order valence-corrected chi connectivity index (χ0v) is 8.65. The summed E-state index contributed by atoms with van der Waals surface area (Å²) in [7, 11) is 0. The normalized spacial score (nSPS) is 11.5. The molecule has 0 aromatic carbocycles. The highest BCUT2D eigenvalue weighted by Gasteiger charge is 2.33. The van der Waals surface area contributed by atoms with E-state index >= 15 is 0 Å². The summed E-state index contributed by atoms with van der Waals surface area (Å²) in [5.41, 5.74) is -1.04. The van der Waals surface area contributed by atoms with Gasteiger partial charge in [0.05, 0.1) is 0 Å². The summed E-state index contributed by atoms with van der Waals surface area (Å²) >= 11 is 5.37. The molecule has 1 aromatic rings. The lowest BCUT2D eigenvalue weighted by atomic mass is 10.3. The van der Waals surface area contributed by atoms with Gasteiger partial charge in [0.1, 0.15) is 5.82 Å². The maximum absolute atomic E-state index is 12.3. The van der Waals surface area contributed by atoms with Crippen LogP contribution < -0.4 is 5.32 Å². The van der Waals surface area contributed by atoms with Gasteiger partial charge in [-0.3, -0.25) is 0 Å². The Balaban J connectivity index is 2.95. The van der Waals surface area contributed by atoms with E-state index in [0.717, 1.165) is 12.5 Å². The van der Waals surface area contributed by atoms with Crippen molar-refractivity contribution < 1.29 is 13.2 Å². The van der Waals surface area contributed by atoms with Gasteiger partial charge in [0.15, 0.2) is 5.69 Å². The molecule has 1 aromatic heterocycles. The second-order valence-corrected chi connectivity index (χ2v) is 3.17. The summed E-state index contributed by atoms with van der Waals surface area (Å²) in [6.07, 6.45) is -3.72. The zero-order valence-electron chi connectivity index (χ0n) is 7.90. The topological polar surface area (TPSA) is 37.8 Å². The van der Waals surface area contributed by atoms with E-state index in [1.807, 2.05) is 6.92 Å². The van der Waals surface area contributed by atoms with Crippen molar-refractivity contribution in [2.75, 3.05) is 11.9 Å². The van der Waals surface area contributed by atoms with E-state index in [1.54, 1.807) is 0 Å². The Morgan fingerprint density at radius 1 is 1.40 bits per heavy atom. The Morgan fingerprint density at radius 2 is 2.07 bits per heavy atom. The lowest BCUT2D eigenvalue weighted by Crippen LogP contribution is -2.11. The molecule has 0 radical (unpaired) electrons. The molecule has 15 heavy (non-hydrogen) atoms. The first kappa shape index (κ1) is 12.0. The van der Waals surface area contributed by atoms with Crippen LogP contribution in [0.15, 0.2) is 6.07 Å². The SMILES string of the molecule is CCCNc1cc(C(F)(F)F)nc(Cl)n1. The lowest BCUT2D eigenvalue weighted by Gasteiger charge is -2.08. The molecule has 0 spiro atoms. The van der Waals surface area contributed by atoms with Crippen LogP contribution >= 0.6 is 11.6 Å². The van der Waals surface area contributed by atoms with Gasteiger partial charge in [-0.05, 0) is 18.0 Å². The quantitative estimate of drug-likeness (QED) is 0.824. The summed E-state index contributed by atoms with van der Waals surface area (Å²) in [4.78, 5) is 6.73. The van der Waals surface area contributed by atoms with Crippen molar-refractivity contribution in [2.45, 2.75) is 19.5 Å². The van der Waals surface area contributed by atoms with Crippen LogP contribution in [0.5, 0.6) is 0 Å². The van der Waals surface area contributed by atoms with Crippen molar-refractivity contribution >= 4 is 17.4 Å². The Morgan fingerprint density at radius 3 is 2.60 bits per heavy atom. The smallest absolute Gasteiger partial charge is 0.370 e. The molecular weight excluding hydrogens is 231 g/mol. The highest BCUT2D eigenvalue weighted by molar-refractivity contribution is 6.28. The Hall–Kier alpha value is -1.04. The van der Waals surface area contributed by atoms with Gasteiger partial charge in [-0.25, -0.2) is 9.97 Å². The zero-order chi connectivity index (χ0) is 11.5. The second-order valence-electron chi connectivity index (χ2n) is 2.83. The highest BCUT2D eigenvalue weighted by atomic mass is 35.5. The number of nitrogens with zero attached hydrogens (tertiary/aromatic N) is 2. The van der Waals surface area contributed by atoms with Gasteiger partial charge < -0.3 is 5.32 Å². The van der Waals surface area contributed by atoms with Gasteiger partial charge in [0.25, 0.3) is 0 Å². The molecular formula is C8H9ClF3N3. The predicted molar refractivity (Wildman–Crippen MR) is 50.8 cm³/mol. The molecule has 0 aliphatic rings. The van der Waals surface area contributed by atoms with Crippen molar-refractivity contribution in [3.05, 3.63) is 17.0 Å². The number of anilines is 1. The van der Waals surface area contributed by atoms with Crippen molar-refractivity contribution in [1.29, 1.82) is 0 Å². The molecule has 0 fully saturated rings. The number of rotatable bonds is 3. The number of hydrogen-bond donors (Lipinski definition) is 1. The van der Waals surface area contributed by atoms with Crippen LogP contribution in [0.3, 0.4) is 0 Å². The van der Waals surface area contributed by atoms with E-state index in [4.69, 9.17) is 11.6 Å². The first-order valence-electron chi connectivity index (χ1n) is 4.29. The summed E-state index contributed by atoms with van der Waals surface area (Å²) in [5.74, 6) is 0.0872. The first-order chi connectivity index (χ1) is 6.93. The van der Waals surface area contributed by atoms with Gasteiger partial charge in [0.2, 0.25) is 5.28 Å². The fourth-order valence-corrected chi connectivity index (χ4v) is 1.09. The summed E-state index contributed by atoms with van der Waals surface area (Å²) in [5, 5.41) is 2.30. The number of aromatic nitrogens is 2. The van der Waals surface area contributed by atoms with Gasteiger partial charge in [-0.15, -0.1) is 0 Å². The van der Waals surface area contributed by atoms with Crippen LogP contribution in [-0.2, 0) is 6.18 Å². The Bertz CT molecular complexity index is 340. The van der Waals surface area contributed by atoms with Gasteiger partial charge in [-0.2, -0.15) is 13.2 Å². The molecule has 7 heteroatoms. The minimum Gasteiger partial charge on any atom is -0.370 e. The standard InChI is InChI=1S/C8H9ClF3N3/c1-2-3-13-6-4-5(8(10,11)12)14-7(9)15-6/h4H,2-3H2,1H3,(H,13,14,15). The molecule has 0 bridgehead atoms. The average Bonchev–Trinajstić information content (AvgIpc) is 2.12. The number of nitrogens with one attached hydrogen (secondary N) is 1. The van der Waals surface area contributed by atoms with Crippen LogP contribution in [0.25, 0.3) is 0 Å². The third kappa shape index (κ3) is 3.54. The summed E-state index contributed by atoms with van der Waals surface area (Å²) < 4.78 is 36.9. The predicted octanol–water partition coefficient (Wildman–Crippen LogP) is 2.97. The van der Waals surface area contributed by atoms with Crippen molar-refractivity contribution in [3.8, 4) is 0 Å². The van der Waals surface area contributed by atoms with Crippen LogP contribution in [0.4, 0.5) is 19.0 Å². The van der Waals surface area contributed by atoms with E-state index in [0.29, 0.717) is 6.54 Å². The summed E-state index contributed by atoms with van der Waals surface area (Å²) in [6, 6.07) is 0.835. The third-order valence-corrected chi connectivity index (χ3v) is 1.71. The third-order valence-electron chi connectivity index (χ3n) is 1.55. The van der Waals surface area contributed by atoms with Crippen molar-refractivity contribution in [2.24, 2.45) is 0 Å². The van der Waals surface area contributed by atoms with E-state index in [9.17, 15) is 13.2 Å². The maximum Gasteiger partial charge on any atom is 0.433 e. The maximum atomic E-state index is 12.3. The van der Waals surface area contributed by atoms with Crippen molar-refractivity contribution in [3.63, 3.8) is 0 Å². The molecule has 0 saturated heterocycles. The number of alkyl halides is 3. The summed E-state index contributed by atoms with van der Waals surface area (Å²) in [6.45, 7) is 2.42. The fourth-order valence-electron chi connectivity index (χ4n) is 0.907. The monoisotopic (exact) mass is 239 g/mol. The molecule has 1 N–H and O–H groups in total. The lowest BCUT2D eigenvalue weighted by molar-refractivity contribution is -0.141. The minimum absolute atomic E-state index is 0.0872. The molecule has 0 saturated carbocycles. The van der Waals surface area contributed by atoms with E-state index in [-0.39, 0.29) is 5.82 Å². The Labute approximate surface area is 89.7 Å². The number of hydrogen-bond acceptors (Lipinski definition) is 3.